The fraction of sp³-hybridized carbons (Fsp3) is 0.385. The molecule has 0 atom stereocenters. The van der Waals surface area contributed by atoms with Gasteiger partial charge < -0.3 is 23.7 Å². The van der Waals surface area contributed by atoms with Crippen molar-refractivity contribution >= 4 is 22.6 Å². The van der Waals surface area contributed by atoms with Crippen LogP contribution in [0.2, 0.25) is 0 Å². The van der Waals surface area contributed by atoms with Crippen LogP contribution in [0.4, 0.5) is 5.69 Å². The molecule has 2 heterocycles. The van der Waals surface area contributed by atoms with Gasteiger partial charge >= 0.3 is 5.63 Å². The molecule has 3 aromatic rings. The van der Waals surface area contributed by atoms with Gasteiger partial charge in [0.2, 0.25) is 5.91 Å². The first-order valence-corrected chi connectivity index (χ1v) is 11.3. The second-order valence-corrected chi connectivity index (χ2v) is 8.27. The number of fused-ring (bicyclic) bond motifs is 1. The molecule has 1 aliphatic rings. The zero-order valence-electron chi connectivity index (χ0n) is 19.4. The molecule has 33 heavy (non-hydrogen) atoms. The maximum absolute atomic E-state index is 13.0. The van der Waals surface area contributed by atoms with Crippen molar-refractivity contribution in [1.82, 2.24) is 4.90 Å². The summed E-state index contributed by atoms with van der Waals surface area (Å²) in [6, 6.07) is 13.5. The fourth-order valence-corrected chi connectivity index (χ4v) is 4.40. The molecule has 2 aromatic carbocycles. The van der Waals surface area contributed by atoms with E-state index in [2.05, 4.69) is 4.90 Å². The van der Waals surface area contributed by atoms with Crippen LogP contribution in [-0.4, -0.2) is 51.2 Å². The first kappa shape index (κ1) is 22.7. The lowest BCUT2D eigenvalue weighted by Gasteiger charge is -2.24. The van der Waals surface area contributed by atoms with Crippen LogP contribution in [0.3, 0.4) is 0 Å². The molecule has 0 unspecified atom stereocenters. The van der Waals surface area contributed by atoms with E-state index in [1.165, 1.54) is 0 Å². The number of rotatable bonds is 6. The maximum Gasteiger partial charge on any atom is 0.339 e. The van der Waals surface area contributed by atoms with Crippen molar-refractivity contribution in [3.8, 4) is 11.5 Å². The second-order valence-electron chi connectivity index (χ2n) is 8.27. The highest BCUT2D eigenvalue weighted by Gasteiger charge is 2.21. The van der Waals surface area contributed by atoms with Crippen LogP contribution in [0.5, 0.6) is 11.5 Å². The van der Waals surface area contributed by atoms with Crippen molar-refractivity contribution in [2.75, 3.05) is 45.3 Å². The minimum absolute atomic E-state index is 0.0696. The molecule has 0 saturated carbocycles. The van der Waals surface area contributed by atoms with E-state index in [1.807, 2.05) is 48.2 Å². The van der Waals surface area contributed by atoms with Gasteiger partial charge in [0.25, 0.3) is 0 Å². The molecular formula is C26H30N2O5. The second kappa shape index (κ2) is 9.98. The van der Waals surface area contributed by atoms with Crippen LogP contribution in [0.25, 0.3) is 11.0 Å². The van der Waals surface area contributed by atoms with Crippen molar-refractivity contribution in [3.05, 3.63) is 64.0 Å². The average molecular weight is 451 g/mol. The van der Waals surface area contributed by atoms with E-state index < -0.39 is 0 Å². The number of hydrogen-bond donors (Lipinski definition) is 0. The zero-order chi connectivity index (χ0) is 23.4. The monoisotopic (exact) mass is 450 g/mol. The number of hydrogen-bond acceptors (Lipinski definition) is 6. The molecule has 1 aromatic heterocycles. The third-order valence-corrected chi connectivity index (χ3v) is 6.37. The molecule has 0 radical (unpaired) electrons. The van der Waals surface area contributed by atoms with E-state index in [-0.39, 0.29) is 18.0 Å². The summed E-state index contributed by atoms with van der Waals surface area (Å²) in [6.45, 7) is 4.96. The summed E-state index contributed by atoms with van der Waals surface area (Å²) in [5.74, 6) is 1.54. The van der Waals surface area contributed by atoms with Gasteiger partial charge in [0.1, 0.15) is 17.1 Å². The first-order chi connectivity index (χ1) is 16.0. The Hall–Kier alpha value is -3.48. The van der Waals surface area contributed by atoms with Crippen molar-refractivity contribution in [2.24, 2.45) is 0 Å². The van der Waals surface area contributed by atoms with Crippen LogP contribution in [0.1, 0.15) is 24.0 Å². The summed E-state index contributed by atoms with van der Waals surface area (Å²) in [7, 11) is 3.23. The predicted molar refractivity (Wildman–Crippen MR) is 128 cm³/mol. The highest BCUT2D eigenvalue weighted by atomic mass is 16.5. The van der Waals surface area contributed by atoms with E-state index in [4.69, 9.17) is 13.9 Å². The third-order valence-electron chi connectivity index (χ3n) is 6.37. The fourth-order valence-electron chi connectivity index (χ4n) is 4.40. The van der Waals surface area contributed by atoms with E-state index in [1.54, 1.807) is 20.3 Å². The number of anilines is 1. The predicted octanol–water partition coefficient (Wildman–Crippen LogP) is 3.79. The van der Waals surface area contributed by atoms with Crippen molar-refractivity contribution in [1.29, 1.82) is 0 Å². The number of benzene rings is 2. The number of nitrogens with zero attached hydrogens (tertiary/aromatic N) is 2. The summed E-state index contributed by atoms with van der Waals surface area (Å²) in [4.78, 5) is 29.8. The highest BCUT2D eigenvalue weighted by Crippen LogP contribution is 2.25. The molecule has 7 heteroatoms. The lowest BCUT2D eigenvalue weighted by Crippen LogP contribution is -2.35. The number of ether oxygens (including phenoxy) is 2. The van der Waals surface area contributed by atoms with Crippen molar-refractivity contribution in [2.45, 2.75) is 26.2 Å². The summed E-state index contributed by atoms with van der Waals surface area (Å²) in [6.07, 6.45) is 1.56. The van der Waals surface area contributed by atoms with Crippen LogP contribution in [0.15, 0.2) is 51.7 Å². The van der Waals surface area contributed by atoms with Crippen molar-refractivity contribution in [3.63, 3.8) is 0 Å². The highest BCUT2D eigenvalue weighted by molar-refractivity contribution is 5.83. The molecule has 1 aliphatic heterocycles. The number of aryl methyl sites for hydroxylation is 1. The summed E-state index contributed by atoms with van der Waals surface area (Å²) in [5.41, 5.74) is 2.67. The van der Waals surface area contributed by atoms with Crippen LogP contribution >= 0.6 is 0 Å². The first-order valence-electron chi connectivity index (χ1n) is 11.3. The Bertz CT molecular complexity index is 1190. The molecule has 4 rings (SSSR count). The van der Waals surface area contributed by atoms with Gasteiger partial charge in [-0.25, -0.2) is 4.79 Å². The van der Waals surface area contributed by atoms with Gasteiger partial charge in [0.15, 0.2) is 0 Å². The lowest BCUT2D eigenvalue weighted by molar-refractivity contribution is -0.130. The van der Waals surface area contributed by atoms with Crippen LogP contribution < -0.4 is 20.0 Å². The topological polar surface area (TPSA) is 72.2 Å². The summed E-state index contributed by atoms with van der Waals surface area (Å²) >= 11 is 0. The van der Waals surface area contributed by atoms with Gasteiger partial charge in [0.05, 0.1) is 14.2 Å². The number of carbonyl (C=O) groups is 1. The molecular weight excluding hydrogens is 420 g/mol. The van der Waals surface area contributed by atoms with E-state index in [9.17, 15) is 9.59 Å². The molecule has 1 amide bonds. The van der Waals surface area contributed by atoms with E-state index in [0.29, 0.717) is 29.9 Å². The Kier molecular flexibility index (Phi) is 6.87. The van der Waals surface area contributed by atoms with Gasteiger partial charge in [-0.3, -0.25) is 4.79 Å². The minimum atomic E-state index is -0.386. The molecule has 174 valence electrons. The van der Waals surface area contributed by atoms with Gasteiger partial charge in [-0.05, 0) is 61.7 Å². The Morgan fingerprint density at radius 1 is 0.970 bits per heavy atom. The van der Waals surface area contributed by atoms with Crippen molar-refractivity contribution < 1.29 is 18.7 Å². The quantitative estimate of drug-likeness (QED) is 0.532. The average Bonchev–Trinajstić information content (AvgIpc) is 3.10. The molecule has 1 fully saturated rings. The smallest absolute Gasteiger partial charge is 0.339 e. The standard InChI is InChI=1S/C26H30N2O5/c1-18-22-10-9-21(32-3)17-24(22)33-26(30)23(18)11-12-25(29)28-14-4-13-27(15-16-28)19-5-7-20(31-2)8-6-19/h5-10,17H,4,11-16H2,1-3H3. The molecule has 1 saturated heterocycles. The Balaban J connectivity index is 1.40. The van der Waals surface area contributed by atoms with Crippen LogP contribution in [0, 0.1) is 6.92 Å². The van der Waals surface area contributed by atoms with E-state index >= 15 is 0 Å². The van der Waals surface area contributed by atoms with Gasteiger partial charge in [-0.15, -0.1) is 0 Å². The number of amides is 1. The SMILES string of the molecule is COc1ccc(N2CCCN(C(=O)CCc3c(C)c4ccc(OC)cc4oc3=O)CC2)cc1. The number of carbonyl (C=O) groups excluding carboxylic acids is 1. The van der Waals surface area contributed by atoms with Gasteiger partial charge in [-0.1, -0.05) is 0 Å². The van der Waals surface area contributed by atoms with E-state index in [0.717, 1.165) is 48.4 Å². The zero-order valence-corrected chi connectivity index (χ0v) is 19.4. The molecule has 0 bridgehead atoms. The lowest BCUT2D eigenvalue weighted by atomic mass is 10.0. The van der Waals surface area contributed by atoms with Gasteiger partial charge in [-0.2, -0.15) is 0 Å². The molecule has 0 N–H and O–H groups in total. The van der Waals surface area contributed by atoms with Crippen LogP contribution in [-0.2, 0) is 11.2 Å². The maximum atomic E-state index is 13.0. The summed E-state index contributed by atoms with van der Waals surface area (Å²) in [5, 5.41) is 0.864. The molecule has 0 aliphatic carbocycles. The molecule has 7 nitrogen and oxygen atoms in total. The summed E-state index contributed by atoms with van der Waals surface area (Å²) < 4.78 is 16.0. The Morgan fingerprint density at radius 3 is 2.42 bits per heavy atom. The number of methoxy groups -OCH3 is 2. The minimum Gasteiger partial charge on any atom is -0.497 e. The molecule has 0 spiro atoms. The Morgan fingerprint density at radius 2 is 1.70 bits per heavy atom. The third kappa shape index (κ3) is 4.97. The van der Waals surface area contributed by atoms with Gasteiger partial charge in [0, 0.05) is 55.3 Å². The normalized spacial score (nSPS) is 14.3. The Labute approximate surface area is 193 Å². The largest absolute Gasteiger partial charge is 0.497 e.